The van der Waals surface area contributed by atoms with E-state index < -0.39 is 5.97 Å². The van der Waals surface area contributed by atoms with Gasteiger partial charge in [-0.15, -0.1) is 0 Å². The van der Waals surface area contributed by atoms with Crippen LogP contribution in [0.1, 0.15) is 46.5 Å². The Morgan fingerprint density at radius 2 is 1.58 bits per heavy atom. The van der Waals surface area contributed by atoms with Crippen molar-refractivity contribution < 1.29 is 14.7 Å². The van der Waals surface area contributed by atoms with E-state index in [9.17, 15) is 4.79 Å². The monoisotopic (exact) mass is 174 g/mol. The van der Waals surface area contributed by atoms with E-state index in [4.69, 9.17) is 9.90 Å². The predicted octanol–water partition coefficient (Wildman–Crippen LogP) is 2.25. The smallest absolute Gasteiger partial charge is 0.300 e. The van der Waals surface area contributed by atoms with Crippen LogP contribution in [0.3, 0.4) is 0 Å². The maximum atomic E-state index is 10.3. The summed E-state index contributed by atoms with van der Waals surface area (Å²) in [6.07, 6.45) is 4.24. The number of carbonyl (C=O) groups is 2. The summed E-state index contributed by atoms with van der Waals surface area (Å²) in [4.78, 5) is 19.3. The maximum Gasteiger partial charge on any atom is 0.300 e. The second kappa shape index (κ2) is 10.1. The molecule has 0 rings (SSSR count). The summed E-state index contributed by atoms with van der Waals surface area (Å²) in [5, 5.41) is 7.42. The Kier molecular flexibility index (Phi) is 11.6. The first-order valence-corrected chi connectivity index (χ1v) is 4.19. The molecule has 0 bridgehead atoms. The molecule has 0 heterocycles. The molecule has 1 N–H and O–H groups in total. The molecule has 0 aliphatic rings. The van der Waals surface area contributed by atoms with Crippen LogP contribution in [0.4, 0.5) is 0 Å². The van der Waals surface area contributed by atoms with Crippen molar-refractivity contribution in [2.45, 2.75) is 46.5 Å². The van der Waals surface area contributed by atoms with Gasteiger partial charge in [0.15, 0.2) is 0 Å². The van der Waals surface area contributed by atoms with Crippen molar-refractivity contribution in [3.05, 3.63) is 0 Å². The lowest BCUT2D eigenvalue weighted by molar-refractivity contribution is -0.134. The van der Waals surface area contributed by atoms with Crippen LogP contribution in [0.15, 0.2) is 0 Å². The molecule has 0 saturated heterocycles. The van der Waals surface area contributed by atoms with E-state index in [0.717, 1.165) is 19.8 Å². The molecule has 0 radical (unpaired) electrons. The second-order valence-corrected chi connectivity index (χ2v) is 2.68. The van der Waals surface area contributed by atoms with Gasteiger partial charge in [-0.1, -0.05) is 19.8 Å². The molecule has 0 amide bonds. The van der Waals surface area contributed by atoms with E-state index in [-0.39, 0.29) is 0 Å². The number of rotatable bonds is 4. The number of carbonyl (C=O) groups excluding carboxylic acids is 1. The van der Waals surface area contributed by atoms with Crippen LogP contribution in [-0.2, 0) is 9.59 Å². The zero-order chi connectivity index (χ0) is 9.98. The van der Waals surface area contributed by atoms with E-state index in [0.29, 0.717) is 5.78 Å². The molecule has 0 aromatic rings. The number of aliphatic carboxylic acids is 1. The highest BCUT2D eigenvalue weighted by atomic mass is 16.4. The molecule has 12 heavy (non-hydrogen) atoms. The summed E-state index contributed by atoms with van der Waals surface area (Å²) in [6, 6.07) is 0. The summed E-state index contributed by atoms with van der Waals surface area (Å²) >= 11 is 0. The first-order valence-electron chi connectivity index (χ1n) is 4.19. The number of hydrogen-bond donors (Lipinski definition) is 1. The highest BCUT2D eigenvalue weighted by molar-refractivity contribution is 5.75. The Hall–Kier alpha value is -0.860. The predicted molar refractivity (Wildman–Crippen MR) is 48.1 cm³/mol. The van der Waals surface area contributed by atoms with Gasteiger partial charge in [-0.05, 0) is 13.3 Å². The van der Waals surface area contributed by atoms with Crippen LogP contribution < -0.4 is 0 Å². The minimum atomic E-state index is -0.833. The molecule has 0 aromatic carbocycles. The van der Waals surface area contributed by atoms with Gasteiger partial charge in [0.1, 0.15) is 5.78 Å². The molecule has 3 nitrogen and oxygen atoms in total. The van der Waals surface area contributed by atoms with Gasteiger partial charge in [0, 0.05) is 13.3 Å². The van der Waals surface area contributed by atoms with Crippen molar-refractivity contribution in [3.63, 3.8) is 0 Å². The molecule has 0 unspecified atom stereocenters. The summed E-state index contributed by atoms with van der Waals surface area (Å²) < 4.78 is 0. The molecule has 0 fully saturated rings. The molecule has 0 aliphatic carbocycles. The van der Waals surface area contributed by atoms with Crippen LogP contribution in [-0.4, -0.2) is 16.9 Å². The van der Waals surface area contributed by atoms with E-state index in [1.807, 2.05) is 0 Å². The third kappa shape index (κ3) is 35.3. The number of Topliss-reactive ketones (excluding diaryl/α,β-unsaturated/α-hetero) is 1. The van der Waals surface area contributed by atoms with Crippen LogP contribution in [0.25, 0.3) is 0 Å². The zero-order valence-corrected chi connectivity index (χ0v) is 8.09. The molecule has 72 valence electrons. The van der Waals surface area contributed by atoms with Crippen molar-refractivity contribution >= 4 is 11.8 Å². The van der Waals surface area contributed by atoms with Gasteiger partial charge in [0.2, 0.25) is 0 Å². The van der Waals surface area contributed by atoms with Gasteiger partial charge < -0.3 is 9.90 Å². The molecule has 0 aliphatic heterocycles. The van der Waals surface area contributed by atoms with E-state index in [1.165, 1.54) is 12.8 Å². The molecule has 0 aromatic heterocycles. The van der Waals surface area contributed by atoms with Gasteiger partial charge >= 0.3 is 0 Å². The number of carboxylic acid groups (broad SMARTS) is 1. The first kappa shape index (κ1) is 13.7. The Balaban J connectivity index is 0. The Labute approximate surface area is 73.8 Å². The van der Waals surface area contributed by atoms with Crippen LogP contribution in [0, 0.1) is 0 Å². The molecular formula is C9H18O3. The van der Waals surface area contributed by atoms with Crippen molar-refractivity contribution in [1.82, 2.24) is 0 Å². The van der Waals surface area contributed by atoms with Gasteiger partial charge in [0.05, 0.1) is 0 Å². The van der Waals surface area contributed by atoms with Gasteiger partial charge in [-0.3, -0.25) is 4.79 Å². The minimum absolute atomic E-state index is 0.318. The Morgan fingerprint density at radius 1 is 1.17 bits per heavy atom. The van der Waals surface area contributed by atoms with Crippen molar-refractivity contribution in [2.24, 2.45) is 0 Å². The quantitative estimate of drug-likeness (QED) is 0.665. The fourth-order valence-corrected chi connectivity index (χ4v) is 0.624. The molecule has 0 atom stereocenters. The average Bonchev–Trinajstić information content (AvgIpc) is 1.86. The fraction of sp³-hybridized carbons (Fsp3) is 0.778. The number of hydrogen-bond acceptors (Lipinski definition) is 2. The van der Waals surface area contributed by atoms with Crippen molar-refractivity contribution in [2.75, 3.05) is 0 Å². The number of ketones is 1. The third-order valence-corrected chi connectivity index (χ3v) is 1.13. The zero-order valence-electron chi connectivity index (χ0n) is 8.09. The second-order valence-electron chi connectivity index (χ2n) is 2.68. The maximum absolute atomic E-state index is 10.3. The summed E-state index contributed by atoms with van der Waals surface area (Å²) in [5.74, 6) is -0.515. The SMILES string of the molecule is CC(=O)O.CCCCCC(C)=O. The van der Waals surface area contributed by atoms with Gasteiger partial charge in [0.25, 0.3) is 5.97 Å². The van der Waals surface area contributed by atoms with Crippen LogP contribution >= 0.6 is 0 Å². The topological polar surface area (TPSA) is 54.4 Å². The summed E-state index contributed by atoms with van der Waals surface area (Å²) in [7, 11) is 0. The number of carboxylic acids is 1. The molecular weight excluding hydrogens is 156 g/mol. The summed E-state index contributed by atoms with van der Waals surface area (Å²) in [5.41, 5.74) is 0. The van der Waals surface area contributed by atoms with Crippen LogP contribution in [0.5, 0.6) is 0 Å². The summed E-state index contributed by atoms with van der Waals surface area (Å²) in [6.45, 7) is 4.87. The molecule has 0 saturated carbocycles. The van der Waals surface area contributed by atoms with E-state index in [2.05, 4.69) is 6.92 Å². The van der Waals surface area contributed by atoms with Gasteiger partial charge in [-0.2, -0.15) is 0 Å². The lowest BCUT2D eigenvalue weighted by Crippen LogP contribution is -1.87. The normalized spacial score (nSPS) is 8.25. The van der Waals surface area contributed by atoms with Crippen LogP contribution in [0.2, 0.25) is 0 Å². The lowest BCUT2D eigenvalue weighted by Gasteiger charge is -1.90. The van der Waals surface area contributed by atoms with E-state index >= 15 is 0 Å². The Morgan fingerprint density at radius 3 is 1.83 bits per heavy atom. The lowest BCUT2D eigenvalue weighted by atomic mass is 10.2. The largest absolute Gasteiger partial charge is 0.481 e. The standard InChI is InChI=1S/C7H14O.C2H4O2/c1-3-4-5-6-7(2)8;1-2(3)4/h3-6H2,1-2H3;1H3,(H,3,4). The fourth-order valence-electron chi connectivity index (χ4n) is 0.624. The molecule has 0 spiro atoms. The van der Waals surface area contributed by atoms with Crippen molar-refractivity contribution in [3.8, 4) is 0 Å². The highest BCUT2D eigenvalue weighted by Gasteiger charge is 1.89. The minimum Gasteiger partial charge on any atom is -0.481 e. The Bertz CT molecular complexity index is 126. The number of unbranched alkanes of at least 4 members (excludes halogenated alkanes) is 2. The van der Waals surface area contributed by atoms with Crippen molar-refractivity contribution in [1.29, 1.82) is 0 Å². The average molecular weight is 174 g/mol. The van der Waals surface area contributed by atoms with E-state index in [1.54, 1.807) is 6.92 Å². The third-order valence-electron chi connectivity index (χ3n) is 1.13. The van der Waals surface area contributed by atoms with Gasteiger partial charge in [-0.25, -0.2) is 0 Å². The highest BCUT2D eigenvalue weighted by Crippen LogP contribution is 1.98. The first-order chi connectivity index (χ1) is 5.50. The molecule has 3 heteroatoms.